The SMILES string of the molecule is Cc1cccc2c3c(n(CCOc4ccccc4)c12)CC(C)N(C)C3C. The molecule has 0 bridgehead atoms. The van der Waals surface area contributed by atoms with E-state index in [1.54, 1.807) is 0 Å². The van der Waals surface area contributed by atoms with Crippen molar-refractivity contribution < 1.29 is 4.74 Å². The third-order valence-electron chi connectivity index (χ3n) is 5.97. The lowest BCUT2D eigenvalue weighted by molar-refractivity contribution is 0.176. The van der Waals surface area contributed by atoms with Crippen LogP contribution < -0.4 is 4.74 Å². The standard InChI is InChI=1S/C23H28N2O/c1-16-9-8-12-20-22-18(3)24(4)17(2)15-21(22)25(23(16)20)13-14-26-19-10-6-5-7-11-19/h5-12,17-18H,13-15H2,1-4H3. The fourth-order valence-electron chi connectivity index (χ4n) is 4.38. The zero-order valence-electron chi connectivity index (χ0n) is 16.2. The lowest BCUT2D eigenvalue weighted by Gasteiger charge is -2.36. The van der Waals surface area contributed by atoms with E-state index in [2.05, 4.69) is 55.5 Å². The molecule has 136 valence electrons. The van der Waals surface area contributed by atoms with Gasteiger partial charge in [-0.15, -0.1) is 0 Å². The number of rotatable bonds is 4. The summed E-state index contributed by atoms with van der Waals surface area (Å²) in [5.74, 6) is 0.941. The number of likely N-dealkylation sites (N-methyl/N-ethyl adjacent to an activating group) is 1. The van der Waals surface area contributed by atoms with Crippen molar-refractivity contribution in [3.05, 3.63) is 65.4 Å². The summed E-state index contributed by atoms with van der Waals surface area (Å²) >= 11 is 0. The van der Waals surface area contributed by atoms with E-state index in [0.29, 0.717) is 18.7 Å². The van der Waals surface area contributed by atoms with Crippen LogP contribution in [-0.4, -0.2) is 29.2 Å². The van der Waals surface area contributed by atoms with E-state index in [4.69, 9.17) is 4.74 Å². The Balaban J connectivity index is 1.73. The van der Waals surface area contributed by atoms with Crippen LogP contribution >= 0.6 is 0 Å². The molecule has 2 aromatic carbocycles. The molecule has 0 N–H and O–H groups in total. The van der Waals surface area contributed by atoms with E-state index in [9.17, 15) is 0 Å². The van der Waals surface area contributed by atoms with Crippen LogP contribution in [0.25, 0.3) is 10.9 Å². The van der Waals surface area contributed by atoms with Crippen LogP contribution in [0.15, 0.2) is 48.5 Å². The molecule has 2 heterocycles. The summed E-state index contributed by atoms with van der Waals surface area (Å²) in [5, 5.41) is 1.41. The fraction of sp³-hybridized carbons (Fsp3) is 0.391. The van der Waals surface area contributed by atoms with Crippen LogP contribution in [0.5, 0.6) is 5.75 Å². The van der Waals surface area contributed by atoms with Gasteiger partial charge in [0.25, 0.3) is 0 Å². The largest absolute Gasteiger partial charge is 0.492 e. The van der Waals surface area contributed by atoms with Crippen molar-refractivity contribution in [2.45, 2.75) is 45.8 Å². The monoisotopic (exact) mass is 348 g/mol. The third kappa shape index (κ3) is 2.80. The van der Waals surface area contributed by atoms with E-state index >= 15 is 0 Å². The predicted molar refractivity (Wildman–Crippen MR) is 108 cm³/mol. The zero-order chi connectivity index (χ0) is 18.3. The average Bonchev–Trinajstić information content (AvgIpc) is 2.95. The van der Waals surface area contributed by atoms with Gasteiger partial charge < -0.3 is 9.30 Å². The molecule has 3 aromatic rings. The molecule has 1 aromatic heterocycles. The highest BCUT2D eigenvalue weighted by molar-refractivity contribution is 5.89. The number of aromatic nitrogens is 1. The Morgan fingerprint density at radius 2 is 1.81 bits per heavy atom. The van der Waals surface area contributed by atoms with Gasteiger partial charge in [0.05, 0.1) is 12.1 Å². The molecule has 4 rings (SSSR count). The summed E-state index contributed by atoms with van der Waals surface area (Å²) < 4.78 is 8.52. The molecule has 0 saturated carbocycles. The van der Waals surface area contributed by atoms with Gasteiger partial charge in [0.1, 0.15) is 12.4 Å². The second kappa shape index (κ2) is 6.81. The molecule has 0 fully saturated rings. The Labute approximate surface area is 156 Å². The minimum Gasteiger partial charge on any atom is -0.492 e. The maximum Gasteiger partial charge on any atom is 0.119 e. The highest BCUT2D eigenvalue weighted by Crippen LogP contribution is 2.39. The number of hydrogen-bond donors (Lipinski definition) is 0. The second-order valence-corrected chi connectivity index (χ2v) is 7.54. The maximum absolute atomic E-state index is 6.00. The van der Waals surface area contributed by atoms with Gasteiger partial charge in [0, 0.05) is 29.6 Å². The molecular weight excluding hydrogens is 320 g/mol. The molecule has 0 aliphatic carbocycles. The van der Waals surface area contributed by atoms with Gasteiger partial charge in [-0.2, -0.15) is 0 Å². The summed E-state index contributed by atoms with van der Waals surface area (Å²) in [4.78, 5) is 2.49. The van der Waals surface area contributed by atoms with Crippen LogP contribution in [0.4, 0.5) is 0 Å². The van der Waals surface area contributed by atoms with Gasteiger partial charge in [-0.25, -0.2) is 0 Å². The Morgan fingerprint density at radius 3 is 2.58 bits per heavy atom. The molecule has 0 radical (unpaired) electrons. The number of ether oxygens (including phenoxy) is 1. The molecule has 0 spiro atoms. The van der Waals surface area contributed by atoms with Crippen LogP contribution in [-0.2, 0) is 13.0 Å². The van der Waals surface area contributed by atoms with E-state index in [0.717, 1.165) is 18.7 Å². The van der Waals surface area contributed by atoms with E-state index in [1.807, 2.05) is 30.3 Å². The Kier molecular flexibility index (Phi) is 4.49. The summed E-state index contributed by atoms with van der Waals surface area (Å²) in [6.45, 7) is 8.46. The molecule has 0 saturated heterocycles. The molecule has 2 unspecified atom stereocenters. The second-order valence-electron chi connectivity index (χ2n) is 7.54. The van der Waals surface area contributed by atoms with Crippen molar-refractivity contribution in [1.82, 2.24) is 9.47 Å². The van der Waals surface area contributed by atoms with Crippen molar-refractivity contribution in [2.24, 2.45) is 0 Å². The molecule has 26 heavy (non-hydrogen) atoms. The van der Waals surface area contributed by atoms with Gasteiger partial charge in [-0.1, -0.05) is 36.4 Å². The topological polar surface area (TPSA) is 17.4 Å². The van der Waals surface area contributed by atoms with Crippen molar-refractivity contribution in [3.63, 3.8) is 0 Å². The predicted octanol–water partition coefficient (Wildman–Crippen LogP) is 4.97. The van der Waals surface area contributed by atoms with E-state index < -0.39 is 0 Å². The smallest absolute Gasteiger partial charge is 0.119 e. The number of nitrogens with zero attached hydrogens (tertiary/aromatic N) is 2. The zero-order valence-corrected chi connectivity index (χ0v) is 16.2. The Bertz CT molecular complexity index is 913. The van der Waals surface area contributed by atoms with Crippen LogP contribution in [0.1, 0.15) is 36.7 Å². The first-order chi connectivity index (χ1) is 12.6. The van der Waals surface area contributed by atoms with Crippen molar-refractivity contribution >= 4 is 10.9 Å². The fourth-order valence-corrected chi connectivity index (χ4v) is 4.38. The molecular formula is C23H28N2O. The van der Waals surface area contributed by atoms with Crippen molar-refractivity contribution in [2.75, 3.05) is 13.7 Å². The minimum atomic E-state index is 0.439. The van der Waals surface area contributed by atoms with Gasteiger partial charge in [-0.3, -0.25) is 4.90 Å². The van der Waals surface area contributed by atoms with Crippen LogP contribution in [0.2, 0.25) is 0 Å². The molecule has 3 heteroatoms. The number of aryl methyl sites for hydroxylation is 1. The van der Waals surface area contributed by atoms with E-state index in [1.165, 1.54) is 27.7 Å². The number of hydrogen-bond acceptors (Lipinski definition) is 2. The average molecular weight is 348 g/mol. The van der Waals surface area contributed by atoms with Crippen LogP contribution in [0.3, 0.4) is 0 Å². The first-order valence-corrected chi connectivity index (χ1v) is 9.58. The van der Waals surface area contributed by atoms with E-state index in [-0.39, 0.29) is 0 Å². The van der Waals surface area contributed by atoms with Gasteiger partial charge >= 0.3 is 0 Å². The third-order valence-corrected chi connectivity index (χ3v) is 5.97. The van der Waals surface area contributed by atoms with Gasteiger partial charge in [0.2, 0.25) is 0 Å². The molecule has 1 aliphatic heterocycles. The number of fused-ring (bicyclic) bond motifs is 3. The maximum atomic E-state index is 6.00. The molecule has 1 aliphatic rings. The highest BCUT2D eigenvalue weighted by atomic mass is 16.5. The summed E-state index contributed by atoms with van der Waals surface area (Å²) in [7, 11) is 2.25. The highest BCUT2D eigenvalue weighted by Gasteiger charge is 2.32. The lowest BCUT2D eigenvalue weighted by Crippen LogP contribution is -2.38. The summed E-state index contributed by atoms with van der Waals surface area (Å²) in [6, 6.07) is 17.8. The van der Waals surface area contributed by atoms with Gasteiger partial charge in [0.15, 0.2) is 0 Å². The Morgan fingerprint density at radius 1 is 1.04 bits per heavy atom. The van der Waals surface area contributed by atoms with Crippen molar-refractivity contribution in [1.29, 1.82) is 0 Å². The quantitative estimate of drug-likeness (QED) is 0.662. The Hall–Kier alpha value is -2.26. The van der Waals surface area contributed by atoms with Crippen molar-refractivity contribution in [3.8, 4) is 5.75 Å². The number of para-hydroxylation sites is 2. The first-order valence-electron chi connectivity index (χ1n) is 9.58. The lowest BCUT2D eigenvalue weighted by atomic mass is 9.93. The first kappa shape index (κ1) is 17.2. The summed E-state index contributed by atoms with van der Waals surface area (Å²) in [5.41, 5.74) is 5.72. The van der Waals surface area contributed by atoms with Crippen LogP contribution in [0, 0.1) is 6.92 Å². The van der Waals surface area contributed by atoms with Gasteiger partial charge in [-0.05, 0) is 51.1 Å². The molecule has 0 amide bonds. The molecule has 3 nitrogen and oxygen atoms in total. The number of benzene rings is 2. The summed E-state index contributed by atoms with van der Waals surface area (Å²) in [6.07, 6.45) is 1.09. The normalized spacial score (nSPS) is 20.3. The molecule has 2 atom stereocenters. The minimum absolute atomic E-state index is 0.439.